The van der Waals surface area contributed by atoms with Crippen molar-refractivity contribution in [3.8, 4) is 56.4 Å². The molecule has 0 fully saturated rings. The van der Waals surface area contributed by atoms with Crippen molar-refractivity contribution in [2.24, 2.45) is 0 Å². The molecule has 0 spiro atoms. The van der Waals surface area contributed by atoms with Gasteiger partial charge in [0.15, 0.2) is 0 Å². The molecule has 7 nitrogen and oxygen atoms in total. The van der Waals surface area contributed by atoms with Gasteiger partial charge in [0.25, 0.3) is 0 Å². The van der Waals surface area contributed by atoms with Crippen molar-refractivity contribution in [1.29, 1.82) is 0 Å². The zero-order valence-corrected chi connectivity index (χ0v) is 66.9. The minimum absolute atomic E-state index is 1.10. The first kappa shape index (κ1) is 69.6. The fourth-order valence-corrected chi connectivity index (χ4v) is 20.6. The predicted molar refractivity (Wildman–Crippen MR) is 519 cm³/mol. The second kappa shape index (κ2) is 28.1. The van der Waals surface area contributed by atoms with Gasteiger partial charge in [-0.15, -0.1) is 0 Å². The molecule has 7 heteroatoms. The largest absolute Gasteiger partial charge is 0.311 e. The molecule has 26 aromatic rings. The summed E-state index contributed by atoms with van der Waals surface area (Å²) in [5.74, 6) is 0. The number of fused-ring (bicyclic) bond motifs is 21. The molecule has 0 aliphatic heterocycles. The quantitative estimate of drug-likeness (QED) is 0.119. The Morgan fingerprint density at radius 3 is 0.805 bits per heavy atom. The van der Waals surface area contributed by atoms with Gasteiger partial charge >= 0.3 is 0 Å². The number of benzene rings is 20. The summed E-state index contributed by atoms with van der Waals surface area (Å²) in [6, 6.07) is 166. The molecule has 0 unspecified atom stereocenters. The molecule has 0 atom stereocenters. The van der Waals surface area contributed by atoms with Crippen molar-refractivity contribution in [3.05, 3.63) is 455 Å². The topological polar surface area (TPSA) is 32.8 Å². The summed E-state index contributed by atoms with van der Waals surface area (Å²) in [6.07, 6.45) is 0. The number of hydrogen-bond acceptors (Lipinski definition) is 1. The lowest BCUT2D eigenvalue weighted by atomic mass is 9.95. The summed E-state index contributed by atoms with van der Waals surface area (Å²) in [6.45, 7) is 0. The number of aromatic nitrogens is 6. The van der Waals surface area contributed by atoms with Crippen molar-refractivity contribution in [2.75, 3.05) is 4.90 Å². The van der Waals surface area contributed by atoms with E-state index in [9.17, 15) is 0 Å². The van der Waals surface area contributed by atoms with Gasteiger partial charge in [-0.2, -0.15) is 0 Å². The van der Waals surface area contributed by atoms with E-state index in [1.807, 2.05) is 0 Å². The van der Waals surface area contributed by atoms with Crippen LogP contribution in [0.25, 0.3) is 209 Å². The summed E-state index contributed by atoms with van der Waals surface area (Å²) >= 11 is 0. The second-order valence-corrected chi connectivity index (χ2v) is 32.2. The highest BCUT2D eigenvalue weighted by molar-refractivity contribution is 6.26. The van der Waals surface area contributed by atoms with Crippen LogP contribution in [0.5, 0.6) is 0 Å². The van der Waals surface area contributed by atoms with Crippen LogP contribution < -0.4 is 4.90 Å². The van der Waals surface area contributed by atoms with Crippen LogP contribution in [-0.2, 0) is 0 Å². The first-order valence-corrected chi connectivity index (χ1v) is 42.3. The van der Waals surface area contributed by atoms with E-state index in [2.05, 4.69) is 487 Å². The van der Waals surface area contributed by atoms with Gasteiger partial charge in [0.1, 0.15) is 0 Å². The monoisotopic (exact) mass is 1570 g/mol. The molecule has 26 rings (SSSR count). The summed E-state index contributed by atoms with van der Waals surface area (Å²) in [7, 11) is 0. The zero-order chi connectivity index (χ0) is 80.7. The van der Waals surface area contributed by atoms with Crippen molar-refractivity contribution >= 4 is 169 Å². The average Bonchev–Trinajstić information content (AvgIpc) is 1.56. The fourth-order valence-electron chi connectivity index (χ4n) is 20.6. The van der Waals surface area contributed by atoms with Gasteiger partial charge in [-0.25, -0.2) is 0 Å². The van der Waals surface area contributed by atoms with Crippen molar-refractivity contribution in [1.82, 2.24) is 27.4 Å². The molecule has 0 saturated carbocycles. The third-order valence-corrected chi connectivity index (χ3v) is 25.6. The molecule has 6 aromatic heterocycles. The number of nitrogens with zero attached hydrogens (tertiary/aromatic N) is 7. The first-order valence-electron chi connectivity index (χ1n) is 42.3. The highest BCUT2D eigenvalue weighted by Crippen LogP contribution is 2.49. The minimum atomic E-state index is 1.10. The van der Waals surface area contributed by atoms with Gasteiger partial charge < -0.3 is 32.3 Å². The third-order valence-electron chi connectivity index (χ3n) is 25.6. The van der Waals surface area contributed by atoms with E-state index in [-0.39, 0.29) is 0 Å². The molecule has 0 saturated heterocycles. The zero-order valence-electron chi connectivity index (χ0n) is 66.9. The van der Waals surface area contributed by atoms with E-state index < -0.39 is 0 Å². The Balaban J connectivity index is 0.000000136. The van der Waals surface area contributed by atoms with Crippen LogP contribution in [0.4, 0.5) is 17.1 Å². The van der Waals surface area contributed by atoms with Crippen LogP contribution in [0.2, 0.25) is 0 Å². The molecule has 0 amide bonds. The lowest BCUT2D eigenvalue weighted by Crippen LogP contribution is -2.09. The third kappa shape index (κ3) is 10.8. The SMILES string of the molecule is c1ccc(-n2c3ccccc3c3cc(-n4c5ccccc5c5c(-c6cccc7c6c6ccccc6n7-c6cc7ccccc7c7ccccc67)cccc54)ccc32)cc1.c1ccc(N(c2ccccc2)c2ccc(-n3c4ccccc4c4c(-c5cccc6c5c5ccccc5n6-c5ccc6c(c5)c5ccccc5n6-c5ccccc5)cccc43)cc2)cc1. The molecule has 6 heterocycles. The predicted octanol–water partition coefficient (Wildman–Crippen LogP) is 31.1. The maximum absolute atomic E-state index is 2.49. The molecule has 0 N–H and O–H groups in total. The van der Waals surface area contributed by atoms with Gasteiger partial charge in [0.2, 0.25) is 0 Å². The minimum Gasteiger partial charge on any atom is -0.311 e. The van der Waals surface area contributed by atoms with Crippen molar-refractivity contribution in [3.63, 3.8) is 0 Å². The summed E-state index contributed by atoms with van der Waals surface area (Å²) in [5, 5.41) is 20.0. The number of para-hydroxylation sites is 10. The van der Waals surface area contributed by atoms with E-state index in [0.29, 0.717) is 0 Å². The molecular weight excluding hydrogens is 1490 g/mol. The smallest absolute Gasteiger partial charge is 0.0547 e. The van der Waals surface area contributed by atoms with Crippen LogP contribution in [-0.4, -0.2) is 27.4 Å². The van der Waals surface area contributed by atoms with Gasteiger partial charge in [-0.3, -0.25) is 0 Å². The van der Waals surface area contributed by atoms with Gasteiger partial charge in [0, 0.05) is 116 Å². The van der Waals surface area contributed by atoms with E-state index in [4.69, 9.17) is 0 Å². The molecule has 0 bridgehead atoms. The standard InChI is InChI=1S/C60H40N4.C56H35N3/c1-4-18-41(19-5-1)61(42-20-6-2-7-21-42)44-34-36-45(37-35-44)63-54-30-14-11-25-50(54)59-48(27-16-32-57(59)63)49-28-17-33-58-60(49)51-26-12-15-31-55(51)64(58)46-38-39-56-52(40-46)47-24-10-13-29-53(47)62(56)43-22-8-3-9-23-43;1-2-17-37(18-3-1)57-48-27-11-8-22-42(48)47-35-38(32-33-51(47)57)58-49-28-12-9-23-45(49)55-43(25-14-30-52(55)58)44-26-15-31-53-56(44)46-24-10-13-29-50(46)59(53)54-34-36-16-4-5-19-39(36)40-20-6-7-21-41(40)54/h1-40H;1-35H. The maximum Gasteiger partial charge on any atom is 0.0547 e. The average molecular weight is 1570 g/mol. The number of anilines is 3. The van der Waals surface area contributed by atoms with Gasteiger partial charge in [0.05, 0.1) is 71.9 Å². The van der Waals surface area contributed by atoms with Crippen LogP contribution in [0.3, 0.4) is 0 Å². The van der Waals surface area contributed by atoms with Crippen LogP contribution >= 0.6 is 0 Å². The Morgan fingerprint density at radius 2 is 0.398 bits per heavy atom. The van der Waals surface area contributed by atoms with E-state index in [1.54, 1.807) is 0 Å². The molecule has 123 heavy (non-hydrogen) atoms. The summed E-state index contributed by atoms with van der Waals surface area (Å²) in [5.41, 5.74) is 29.5. The summed E-state index contributed by atoms with van der Waals surface area (Å²) < 4.78 is 14.6. The van der Waals surface area contributed by atoms with Crippen LogP contribution in [0.15, 0.2) is 455 Å². The molecule has 20 aromatic carbocycles. The lowest BCUT2D eigenvalue weighted by Gasteiger charge is -2.25. The maximum atomic E-state index is 2.49. The Hall–Kier alpha value is -16.5. The highest BCUT2D eigenvalue weighted by Gasteiger charge is 2.27. The molecule has 0 aliphatic rings. The fraction of sp³-hybridized carbons (Fsp3) is 0. The normalized spacial score (nSPS) is 11.9. The molecular formula is C116H75N7. The van der Waals surface area contributed by atoms with Gasteiger partial charge in [-0.05, 0) is 214 Å². The Morgan fingerprint density at radius 1 is 0.138 bits per heavy atom. The Kier molecular flexibility index (Phi) is 15.9. The van der Waals surface area contributed by atoms with Gasteiger partial charge in [-0.1, -0.05) is 279 Å². The molecule has 574 valence electrons. The van der Waals surface area contributed by atoms with Crippen molar-refractivity contribution in [2.45, 2.75) is 0 Å². The molecule has 0 aliphatic carbocycles. The molecule has 0 radical (unpaired) electrons. The van der Waals surface area contributed by atoms with Crippen molar-refractivity contribution < 1.29 is 0 Å². The van der Waals surface area contributed by atoms with E-state index in [1.165, 1.54) is 180 Å². The Labute approximate surface area is 708 Å². The highest BCUT2D eigenvalue weighted by atomic mass is 15.1. The van der Waals surface area contributed by atoms with E-state index in [0.717, 1.165) is 45.5 Å². The van der Waals surface area contributed by atoms with Crippen LogP contribution in [0.1, 0.15) is 0 Å². The van der Waals surface area contributed by atoms with E-state index >= 15 is 0 Å². The first-order chi connectivity index (χ1) is 61.1. The lowest BCUT2D eigenvalue weighted by molar-refractivity contribution is 1.17. The Bertz CT molecular complexity index is 8700. The van der Waals surface area contributed by atoms with Crippen LogP contribution in [0, 0.1) is 0 Å². The summed E-state index contributed by atoms with van der Waals surface area (Å²) in [4.78, 5) is 2.31. The second-order valence-electron chi connectivity index (χ2n) is 32.2. The number of hydrogen-bond donors (Lipinski definition) is 0. The number of rotatable bonds is 11.